The molecule has 26 heavy (non-hydrogen) atoms. The lowest BCUT2D eigenvalue weighted by Crippen LogP contribution is -2.38. The number of halogens is 3. The second-order valence-electron chi connectivity index (χ2n) is 6.30. The first-order chi connectivity index (χ1) is 12.3. The molecule has 0 radical (unpaired) electrons. The van der Waals surface area contributed by atoms with E-state index in [0.717, 1.165) is 22.5 Å². The molecule has 4 nitrogen and oxygen atoms in total. The number of nitrogens with one attached hydrogen (secondary N) is 1. The Labute approximate surface area is 152 Å². The van der Waals surface area contributed by atoms with Crippen molar-refractivity contribution in [1.82, 2.24) is 5.32 Å². The average Bonchev–Trinajstić information content (AvgIpc) is 2.58. The minimum absolute atomic E-state index is 0.257. The first-order valence-corrected chi connectivity index (χ1v) is 9.86. The summed E-state index contributed by atoms with van der Waals surface area (Å²) in [6.07, 6.45) is 1.38. The summed E-state index contributed by atoms with van der Waals surface area (Å²) >= 11 is 0. The zero-order valence-corrected chi connectivity index (χ0v) is 15.1. The summed E-state index contributed by atoms with van der Waals surface area (Å²) in [5, 5.41) is 2.37. The third-order valence-corrected chi connectivity index (χ3v) is 6.73. The van der Waals surface area contributed by atoms with Gasteiger partial charge in [-0.05, 0) is 68.8 Å². The van der Waals surface area contributed by atoms with Gasteiger partial charge in [0.05, 0.1) is 10.9 Å². The number of hydrogen-bond donors (Lipinski definition) is 3. The highest BCUT2D eigenvalue weighted by Gasteiger charge is 2.40. The molecule has 3 N–H and O–H groups in total. The van der Waals surface area contributed by atoms with E-state index in [4.69, 9.17) is 0 Å². The molecule has 0 amide bonds. The van der Waals surface area contributed by atoms with Crippen molar-refractivity contribution in [3.63, 3.8) is 0 Å². The van der Waals surface area contributed by atoms with Crippen LogP contribution in [0.4, 0.5) is 24.5 Å². The van der Waals surface area contributed by atoms with Crippen molar-refractivity contribution in [3.05, 3.63) is 59.4 Å². The second-order valence-corrected chi connectivity index (χ2v) is 8.45. The third kappa shape index (κ3) is 3.55. The Bertz CT molecular complexity index is 804. The van der Waals surface area contributed by atoms with Gasteiger partial charge in [0.2, 0.25) is 0 Å². The Kier molecular flexibility index (Phi) is 5.47. The molecule has 0 aromatic heterocycles. The highest BCUT2D eigenvalue weighted by atomic mass is 32.3. The van der Waals surface area contributed by atoms with Gasteiger partial charge in [0, 0.05) is 6.07 Å². The zero-order valence-electron chi connectivity index (χ0n) is 14.3. The van der Waals surface area contributed by atoms with Crippen LogP contribution in [0.1, 0.15) is 18.4 Å². The monoisotopic (exact) mass is 386 g/mol. The van der Waals surface area contributed by atoms with E-state index in [1.165, 1.54) is 18.2 Å². The molecule has 2 aromatic rings. The van der Waals surface area contributed by atoms with Gasteiger partial charge in [-0.1, -0.05) is 0 Å². The van der Waals surface area contributed by atoms with Gasteiger partial charge in [-0.25, -0.2) is 17.5 Å². The first kappa shape index (κ1) is 19.0. The van der Waals surface area contributed by atoms with Crippen molar-refractivity contribution in [3.8, 4) is 0 Å². The van der Waals surface area contributed by atoms with Gasteiger partial charge in [-0.15, -0.1) is 10.8 Å². The van der Waals surface area contributed by atoms with Gasteiger partial charge in [0.1, 0.15) is 23.1 Å². The van der Waals surface area contributed by atoms with Crippen LogP contribution in [0, 0.1) is 17.5 Å². The molecule has 2 aromatic carbocycles. The maximum atomic E-state index is 14.4. The largest absolute Gasteiger partial charge is 0.320 e. The van der Waals surface area contributed by atoms with Crippen molar-refractivity contribution in [1.29, 1.82) is 0 Å². The quantitative estimate of drug-likeness (QED) is 0.644. The maximum Gasteiger partial charge on any atom is 0.148 e. The van der Waals surface area contributed by atoms with E-state index in [1.54, 1.807) is 7.05 Å². The number of hydrogen-bond acceptors (Lipinski definition) is 4. The Morgan fingerprint density at radius 3 is 2.50 bits per heavy atom. The van der Waals surface area contributed by atoms with Gasteiger partial charge < -0.3 is 5.32 Å². The molecule has 1 atom stereocenters. The third-order valence-electron chi connectivity index (χ3n) is 4.50. The number of anilines is 2. The Morgan fingerprint density at radius 2 is 1.77 bits per heavy atom. The zero-order chi connectivity index (χ0) is 18.9. The van der Waals surface area contributed by atoms with Gasteiger partial charge in [0.25, 0.3) is 0 Å². The van der Waals surface area contributed by atoms with Crippen molar-refractivity contribution in [2.24, 2.45) is 0 Å². The molecule has 0 unspecified atom stereocenters. The van der Waals surface area contributed by atoms with E-state index in [0.29, 0.717) is 24.9 Å². The summed E-state index contributed by atoms with van der Waals surface area (Å²) in [5.41, 5.74) is 0.547. The lowest BCUT2D eigenvalue weighted by molar-refractivity contribution is 0.453. The molecule has 3 rings (SSSR count). The molecule has 0 saturated carbocycles. The molecule has 1 heterocycles. The molecular formula is C18H21F3N2O2S. The summed E-state index contributed by atoms with van der Waals surface area (Å²) in [6.45, 7) is 0.677. The summed E-state index contributed by atoms with van der Waals surface area (Å²) in [5.74, 6) is -1.94. The fourth-order valence-electron chi connectivity index (χ4n) is 3.25. The standard InChI is InChI=1S/C18H21F3N2O2S/c1-22-8-2-3-15-10-12-9-13(19)5-7-17(12)23(26(15,24)25)18-11-14(20)4-6-16(18)21/h4-7,9,11,15,22,24-25H,2-3,8,10H2,1H3/t15-/m0/s1. The van der Waals surface area contributed by atoms with Crippen LogP contribution in [0.3, 0.4) is 0 Å². The SMILES string of the molecule is CNCCC[C@H]1Cc2cc(F)ccc2N(c2cc(F)ccc2F)S1(O)O. The maximum absolute atomic E-state index is 14.4. The van der Waals surface area contributed by atoms with Crippen molar-refractivity contribution in [2.45, 2.75) is 24.5 Å². The number of fused-ring (bicyclic) bond motifs is 1. The Hall–Kier alpha value is -1.74. The molecule has 1 aliphatic heterocycles. The summed E-state index contributed by atoms with van der Waals surface area (Å²) < 4.78 is 64.8. The molecule has 0 fully saturated rings. The lowest BCUT2D eigenvalue weighted by atomic mass is 10.0. The molecule has 0 aliphatic carbocycles. The van der Waals surface area contributed by atoms with E-state index in [-0.39, 0.29) is 17.8 Å². The smallest absolute Gasteiger partial charge is 0.148 e. The van der Waals surface area contributed by atoms with Crippen LogP contribution in [0.15, 0.2) is 36.4 Å². The molecule has 0 spiro atoms. The van der Waals surface area contributed by atoms with Crippen molar-refractivity contribution < 1.29 is 22.3 Å². The highest BCUT2D eigenvalue weighted by molar-refractivity contribution is 8.26. The van der Waals surface area contributed by atoms with E-state index in [9.17, 15) is 22.3 Å². The summed E-state index contributed by atoms with van der Waals surface area (Å²) in [6, 6.07) is 6.66. The number of benzene rings is 2. The topological polar surface area (TPSA) is 55.7 Å². The molecule has 0 saturated heterocycles. The average molecular weight is 386 g/mol. The first-order valence-electron chi connectivity index (χ1n) is 8.30. The Balaban J connectivity index is 2.11. The van der Waals surface area contributed by atoms with E-state index in [2.05, 4.69) is 5.32 Å². The fourth-order valence-corrected chi connectivity index (χ4v) is 5.33. The summed E-state index contributed by atoms with van der Waals surface area (Å²) in [7, 11) is -1.70. The molecule has 8 heteroatoms. The van der Waals surface area contributed by atoms with E-state index >= 15 is 0 Å². The molecule has 0 bridgehead atoms. The van der Waals surface area contributed by atoms with Crippen LogP contribution in [0.2, 0.25) is 0 Å². The predicted octanol–water partition coefficient (Wildman–Crippen LogP) is 4.83. The minimum Gasteiger partial charge on any atom is -0.320 e. The Morgan fingerprint density at radius 1 is 1.08 bits per heavy atom. The lowest BCUT2D eigenvalue weighted by Gasteiger charge is -2.53. The fraction of sp³-hybridized carbons (Fsp3) is 0.333. The van der Waals surface area contributed by atoms with E-state index < -0.39 is 33.5 Å². The van der Waals surface area contributed by atoms with Crippen LogP contribution in [-0.4, -0.2) is 27.9 Å². The van der Waals surface area contributed by atoms with Crippen molar-refractivity contribution in [2.75, 3.05) is 17.9 Å². The van der Waals surface area contributed by atoms with Crippen LogP contribution >= 0.6 is 10.8 Å². The highest BCUT2D eigenvalue weighted by Crippen LogP contribution is 2.61. The number of rotatable bonds is 5. The van der Waals surface area contributed by atoms with Gasteiger partial charge in [0.15, 0.2) is 0 Å². The van der Waals surface area contributed by atoms with E-state index in [1.807, 2.05) is 0 Å². The molecule has 1 aliphatic rings. The van der Waals surface area contributed by atoms with Crippen LogP contribution in [-0.2, 0) is 6.42 Å². The normalized spacial score (nSPS) is 19.9. The van der Waals surface area contributed by atoms with Gasteiger partial charge in [-0.2, -0.15) is 0 Å². The van der Waals surface area contributed by atoms with Gasteiger partial charge in [-0.3, -0.25) is 9.11 Å². The van der Waals surface area contributed by atoms with Crippen LogP contribution in [0.25, 0.3) is 0 Å². The van der Waals surface area contributed by atoms with Crippen molar-refractivity contribution >= 4 is 22.2 Å². The van der Waals surface area contributed by atoms with Gasteiger partial charge >= 0.3 is 0 Å². The number of nitrogens with zero attached hydrogens (tertiary/aromatic N) is 1. The second kappa shape index (κ2) is 7.48. The molecular weight excluding hydrogens is 365 g/mol. The van der Waals surface area contributed by atoms with Crippen LogP contribution < -0.4 is 9.62 Å². The van der Waals surface area contributed by atoms with Crippen LogP contribution in [0.5, 0.6) is 0 Å². The minimum atomic E-state index is -3.49. The predicted molar refractivity (Wildman–Crippen MR) is 98.4 cm³/mol. The summed E-state index contributed by atoms with van der Waals surface area (Å²) in [4.78, 5) is 0. The molecule has 142 valence electrons.